The van der Waals surface area contributed by atoms with Gasteiger partial charge < -0.3 is 14.2 Å². The van der Waals surface area contributed by atoms with Crippen LogP contribution in [0.1, 0.15) is 48.9 Å². The van der Waals surface area contributed by atoms with Crippen LogP contribution in [0.25, 0.3) is 0 Å². The Morgan fingerprint density at radius 2 is 1.88 bits per heavy atom. The standard InChI is InChI=1S/C16H22N4O4/c1-10(2)12-11(17-9-24-12)13(21)20-7-5-16(6-8-20)14(22)18(3)15(23)19(16)4/h9-10H,5-8H2,1-4H3. The highest BCUT2D eigenvalue weighted by Gasteiger charge is 2.55. The fraction of sp³-hybridized carbons (Fsp3) is 0.625. The molecular weight excluding hydrogens is 312 g/mol. The van der Waals surface area contributed by atoms with Crippen molar-refractivity contribution in [3.63, 3.8) is 0 Å². The highest BCUT2D eigenvalue weighted by molar-refractivity contribution is 6.06. The van der Waals surface area contributed by atoms with Crippen molar-refractivity contribution in [1.29, 1.82) is 0 Å². The van der Waals surface area contributed by atoms with E-state index in [2.05, 4.69) is 4.98 Å². The van der Waals surface area contributed by atoms with Crippen LogP contribution >= 0.6 is 0 Å². The Kier molecular flexibility index (Phi) is 3.85. The molecule has 0 atom stereocenters. The highest BCUT2D eigenvalue weighted by Crippen LogP contribution is 2.36. The minimum atomic E-state index is -0.826. The lowest BCUT2D eigenvalue weighted by molar-refractivity contribution is -0.134. The van der Waals surface area contributed by atoms with Crippen LogP contribution in [0.5, 0.6) is 0 Å². The molecule has 2 aliphatic rings. The Balaban J connectivity index is 1.76. The van der Waals surface area contributed by atoms with Gasteiger partial charge in [-0.15, -0.1) is 0 Å². The van der Waals surface area contributed by atoms with E-state index in [0.29, 0.717) is 37.4 Å². The van der Waals surface area contributed by atoms with E-state index in [9.17, 15) is 14.4 Å². The molecule has 24 heavy (non-hydrogen) atoms. The van der Waals surface area contributed by atoms with E-state index in [4.69, 9.17) is 4.42 Å². The predicted molar refractivity (Wildman–Crippen MR) is 84.4 cm³/mol. The number of hydrogen-bond donors (Lipinski definition) is 0. The molecule has 1 aromatic rings. The fourth-order valence-corrected chi connectivity index (χ4v) is 3.55. The third kappa shape index (κ3) is 2.20. The number of piperidine rings is 1. The molecule has 1 aromatic heterocycles. The molecule has 4 amide bonds. The number of carbonyl (C=O) groups excluding carboxylic acids is 3. The molecule has 8 nitrogen and oxygen atoms in total. The molecule has 2 saturated heterocycles. The molecular formula is C16H22N4O4. The number of hydrogen-bond acceptors (Lipinski definition) is 5. The molecule has 0 N–H and O–H groups in total. The van der Waals surface area contributed by atoms with Gasteiger partial charge in [-0.2, -0.15) is 0 Å². The summed E-state index contributed by atoms with van der Waals surface area (Å²) in [5, 5.41) is 0. The normalized spacial score (nSPS) is 20.6. The quantitative estimate of drug-likeness (QED) is 0.761. The summed E-state index contributed by atoms with van der Waals surface area (Å²) in [7, 11) is 3.15. The maximum Gasteiger partial charge on any atom is 0.327 e. The zero-order valence-electron chi connectivity index (χ0n) is 14.4. The van der Waals surface area contributed by atoms with Crippen molar-refractivity contribution in [2.24, 2.45) is 0 Å². The Bertz CT molecular complexity index is 688. The Hall–Kier alpha value is -2.38. The van der Waals surface area contributed by atoms with Crippen molar-refractivity contribution >= 4 is 17.8 Å². The average Bonchev–Trinajstić information content (AvgIpc) is 3.12. The molecule has 130 valence electrons. The summed E-state index contributed by atoms with van der Waals surface area (Å²) >= 11 is 0. The third-order valence-corrected chi connectivity index (χ3v) is 5.12. The topological polar surface area (TPSA) is 87.0 Å². The molecule has 0 unspecified atom stereocenters. The molecule has 0 aromatic carbocycles. The number of imide groups is 1. The van der Waals surface area contributed by atoms with E-state index in [1.807, 2.05) is 13.8 Å². The van der Waals surface area contributed by atoms with Crippen LogP contribution in [0.2, 0.25) is 0 Å². The monoisotopic (exact) mass is 334 g/mol. The van der Waals surface area contributed by atoms with Crippen molar-refractivity contribution in [2.75, 3.05) is 27.2 Å². The van der Waals surface area contributed by atoms with E-state index < -0.39 is 5.54 Å². The molecule has 0 radical (unpaired) electrons. The van der Waals surface area contributed by atoms with Gasteiger partial charge in [-0.3, -0.25) is 14.5 Å². The highest BCUT2D eigenvalue weighted by atomic mass is 16.3. The van der Waals surface area contributed by atoms with E-state index in [0.717, 1.165) is 4.90 Å². The lowest BCUT2D eigenvalue weighted by Crippen LogP contribution is -2.56. The molecule has 0 aliphatic carbocycles. The van der Waals surface area contributed by atoms with Gasteiger partial charge in [0.25, 0.3) is 11.8 Å². The second-order valence-corrected chi connectivity index (χ2v) is 6.75. The lowest BCUT2D eigenvalue weighted by atomic mass is 9.86. The van der Waals surface area contributed by atoms with E-state index >= 15 is 0 Å². The number of nitrogens with zero attached hydrogens (tertiary/aromatic N) is 4. The first-order valence-corrected chi connectivity index (χ1v) is 8.08. The van der Waals surface area contributed by atoms with Gasteiger partial charge in [0.2, 0.25) is 0 Å². The summed E-state index contributed by atoms with van der Waals surface area (Å²) in [6, 6.07) is -0.293. The summed E-state index contributed by atoms with van der Waals surface area (Å²) in [5.74, 6) is 0.266. The van der Waals surface area contributed by atoms with Gasteiger partial charge in [0, 0.05) is 33.1 Å². The van der Waals surface area contributed by atoms with Gasteiger partial charge in [0.05, 0.1) is 0 Å². The van der Waals surface area contributed by atoms with Crippen LogP contribution in [0, 0.1) is 0 Å². The number of likely N-dealkylation sites (tertiary alicyclic amines) is 1. The smallest absolute Gasteiger partial charge is 0.327 e. The number of likely N-dealkylation sites (N-methyl/N-ethyl adjacent to an activating group) is 2. The average molecular weight is 334 g/mol. The first-order chi connectivity index (χ1) is 11.3. The SMILES string of the molecule is CC(C)c1ocnc1C(=O)N1CCC2(CC1)C(=O)N(C)C(=O)N2C. The second-order valence-electron chi connectivity index (χ2n) is 6.75. The number of urea groups is 1. The van der Waals surface area contributed by atoms with Crippen molar-refractivity contribution < 1.29 is 18.8 Å². The third-order valence-electron chi connectivity index (χ3n) is 5.12. The Morgan fingerprint density at radius 1 is 1.25 bits per heavy atom. The van der Waals surface area contributed by atoms with Gasteiger partial charge in [0.1, 0.15) is 11.3 Å². The number of aromatic nitrogens is 1. The van der Waals surface area contributed by atoms with Crippen LogP contribution in [0.3, 0.4) is 0 Å². The minimum absolute atomic E-state index is 0.0661. The predicted octanol–water partition coefficient (Wildman–Crippen LogP) is 1.30. The van der Waals surface area contributed by atoms with Crippen molar-refractivity contribution in [3.05, 3.63) is 17.8 Å². The molecule has 2 aliphatic heterocycles. The summed E-state index contributed by atoms with van der Waals surface area (Å²) in [4.78, 5) is 45.6. The first kappa shape index (κ1) is 16.5. The largest absolute Gasteiger partial charge is 0.447 e. The minimum Gasteiger partial charge on any atom is -0.447 e. The van der Waals surface area contributed by atoms with Crippen molar-refractivity contribution in [2.45, 2.75) is 38.1 Å². The molecule has 3 heterocycles. The molecule has 8 heteroatoms. The summed E-state index contributed by atoms with van der Waals surface area (Å²) in [5.41, 5.74) is -0.493. The number of amides is 4. The van der Waals surface area contributed by atoms with Crippen molar-refractivity contribution in [1.82, 2.24) is 19.7 Å². The maximum absolute atomic E-state index is 12.7. The zero-order chi connectivity index (χ0) is 17.6. The van der Waals surface area contributed by atoms with E-state index in [1.165, 1.54) is 18.3 Å². The van der Waals surface area contributed by atoms with E-state index in [1.54, 1.807) is 11.9 Å². The summed E-state index contributed by atoms with van der Waals surface area (Å²) in [6.45, 7) is 4.69. The van der Waals surface area contributed by atoms with Crippen LogP contribution in [0.15, 0.2) is 10.8 Å². The molecule has 1 spiro atoms. The molecule has 3 rings (SSSR count). The van der Waals surface area contributed by atoms with Gasteiger partial charge in [0.15, 0.2) is 12.1 Å². The fourth-order valence-electron chi connectivity index (χ4n) is 3.55. The Morgan fingerprint density at radius 3 is 2.38 bits per heavy atom. The number of oxazole rings is 1. The van der Waals surface area contributed by atoms with Crippen LogP contribution in [-0.4, -0.2) is 70.3 Å². The molecule has 0 saturated carbocycles. The Labute approximate surface area is 140 Å². The van der Waals surface area contributed by atoms with Crippen LogP contribution in [0.4, 0.5) is 4.79 Å². The maximum atomic E-state index is 12.7. The summed E-state index contributed by atoms with van der Waals surface area (Å²) < 4.78 is 5.32. The van der Waals surface area contributed by atoms with E-state index in [-0.39, 0.29) is 23.8 Å². The van der Waals surface area contributed by atoms with Gasteiger partial charge >= 0.3 is 6.03 Å². The molecule has 0 bridgehead atoms. The number of rotatable bonds is 2. The lowest BCUT2D eigenvalue weighted by Gasteiger charge is -2.40. The number of carbonyl (C=O) groups is 3. The van der Waals surface area contributed by atoms with Crippen LogP contribution < -0.4 is 0 Å². The van der Waals surface area contributed by atoms with Crippen molar-refractivity contribution in [3.8, 4) is 0 Å². The zero-order valence-corrected chi connectivity index (χ0v) is 14.4. The van der Waals surface area contributed by atoms with Gasteiger partial charge in [-0.05, 0) is 12.8 Å². The summed E-state index contributed by atoms with van der Waals surface area (Å²) in [6.07, 6.45) is 2.15. The van der Waals surface area contributed by atoms with Gasteiger partial charge in [-0.1, -0.05) is 13.8 Å². The van der Waals surface area contributed by atoms with Gasteiger partial charge in [-0.25, -0.2) is 9.78 Å². The first-order valence-electron chi connectivity index (χ1n) is 8.08. The second kappa shape index (κ2) is 5.61. The molecule has 2 fully saturated rings. The van der Waals surface area contributed by atoms with Crippen LogP contribution in [-0.2, 0) is 4.79 Å².